The van der Waals surface area contributed by atoms with Crippen molar-refractivity contribution in [2.24, 2.45) is 11.7 Å². The molecular weight excluding hydrogens is 460 g/mol. The van der Waals surface area contributed by atoms with Gasteiger partial charge in [-0.1, -0.05) is 78.3 Å². The van der Waals surface area contributed by atoms with Crippen molar-refractivity contribution in [1.82, 2.24) is 20.2 Å². The minimum atomic E-state index is -0.484. The maximum Gasteiger partial charge on any atom is 0.221 e. The molecule has 0 bridgehead atoms. The second-order valence-electron chi connectivity index (χ2n) is 8.65. The molecule has 0 fully saturated rings. The monoisotopic (exact) mass is 484 g/mol. The summed E-state index contributed by atoms with van der Waals surface area (Å²) >= 11 is 6.64. The van der Waals surface area contributed by atoms with E-state index in [9.17, 15) is 4.79 Å². The van der Waals surface area contributed by atoms with Crippen LogP contribution in [0, 0.1) is 5.92 Å². The van der Waals surface area contributed by atoms with E-state index in [2.05, 4.69) is 15.2 Å². The van der Waals surface area contributed by atoms with Gasteiger partial charge in [-0.2, -0.15) is 5.10 Å². The van der Waals surface area contributed by atoms with E-state index in [1.54, 1.807) is 0 Å². The molecule has 6 N–H and O–H groups in total. The molecule has 1 amide bonds. The van der Waals surface area contributed by atoms with E-state index in [0.717, 1.165) is 27.6 Å². The van der Waals surface area contributed by atoms with E-state index >= 15 is 0 Å². The van der Waals surface area contributed by atoms with Crippen LogP contribution in [0.15, 0.2) is 78.9 Å². The smallest absolute Gasteiger partial charge is 0.221 e. The van der Waals surface area contributed by atoms with Crippen molar-refractivity contribution in [1.29, 1.82) is 0 Å². The average Bonchev–Trinajstić information content (AvgIpc) is 3.44. The molecule has 1 unspecified atom stereocenters. The highest BCUT2D eigenvalue weighted by molar-refractivity contribution is 6.32. The lowest BCUT2D eigenvalue weighted by Crippen LogP contribution is -2.32. The lowest BCUT2D eigenvalue weighted by Gasteiger charge is -2.23. The third kappa shape index (κ3) is 4.76. The molecule has 2 heterocycles. The van der Waals surface area contributed by atoms with Gasteiger partial charge in [-0.05, 0) is 36.1 Å². The Morgan fingerprint density at radius 3 is 2.26 bits per heavy atom. The molecule has 35 heavy (non-hydrogen) atoms. The number of nitrogens with zero attached hydrogens (tertiary/aromatic N) is 2. The van der Waals surface area contributed by atoms with Gasteiger partial charge in [0, 0.05) is 16.9 Å². The predicted molar refractivity (Wildman–Crippen MR) is 139 cm³/mol. The SMILES string of the molecule is NC(=O)C(Cc1ccccc1)[C@H](Cc1ccccc1)c1nc(-c2ccc3c(N)n[nH]c3c2)c(Cl)[nH]1. The van der Waals surface area contributed by atoms with Gasteiger partial charge in [-0.15, -0.1) is 0 Å². The number of aromatic nitrogens is 4. The predicted octanol–water partition coefficient (Wildman–Crippen LogP) is 4.86. The Hall–Kier alpha value is -4.10. The molecule has 0 saturated carbocycles. The quantitative estimate of drug-likeness (QED) is 0.251. The third-order valence-electron chi connectivity index (χ3n) is 6.34. The summed E-state index contributed by atoms with van der Waals surface area (Å²) in [5.41, 5.74) is 16.2. The number of halogens is 1. The number of benzene rings is 3. The fourth-order valence-corrected chi connectivity index (χ4v) is 4.78. The Bertz CT molecular complexity index is 1460. The van der Waals surface area contributed by atoms with Crippen molar-refractivity contribution in [3.8, 4) is 11.3 Å². The fraction of sp³-hybridized carbons (Fsp3) is 0.148. The number of carbonyl (C=O) groups excluding carboxylic acids is 1. The summed E-state index contributed by atoms with van der Waals surface area (Å²) in [5.74, 6) is -0.0973. The van der Waals surface area contributed by atoms with Gasteiger partial charge < -0.3 is 16.5 Å². The summed E-state index contributed by atoms with van der Waals surface area (Å²) in [6.07, 6.45) is 1.08. The van der Waals surface area contributed by atoms with E-state index in [1.165, 1.54) is 0 Å². The largest absolute Gasteiger partial charge is 0.382 e. The van der Waals surface area contributed by atoms with Crippen LogP contribution in [-0.4, -0.2) is 26.1 Å². The molecular formula is C27H25ClN6O. The summed E-state index contributed by atoms with van der Waals surface area (Å²) in [7, 11) is 0. The van der Waals surface area contributed by atoms with Crippen LogP contribution >= 0.6 is 11.6 Å². The molecule has 5 aromatic rings. The number of aromatic amines is 2. The van der Waals surface area contributed by atoms with Crippen LogP contribution in [0.25, 0.3) is 22.2 Å². The van der Waals surface area contributed by atoms with Crippen molar-refractivity contribution >= 4 is 34.2 Å². The standard InChI is InChI=1S/C27H25ClN6O/c28-24-23(18-11-12-19-22(15-18)33-34-25(19)29)31-27(32-24)21(14-17-9-5-2-6-10-17)20(26(30)35)13-16-7-3-1-4-8-16/h1-12,15,20-21H,13-14H2,(H2,30,35)(H,31,32)(H3,29,33,34)/t20?,21-/m0/s1. The second-order valence-corrected chi connectivity index (χ2v) is 9.03. The maximum atomic E-state index is 12.7. The molecule has 176 valence electrons. The van der Waals surface area contributed by atoms with Gasteiger partial charge in [0.05, 0.1) is 11.4 Å². The topological polar surface area (TPSA) is 126 Å². The zero-order valence-electron chi connectivity index (χ0n) is 18.9. The molecule has 0 saturated heterocycles. The minimum Gasteiger partial charge on any atom is -0.382 e. The van der Waals surface area contributed by atoms with Crippen molar-refractivity contribution in [2.45, 2.75) is 18.8 Å². The molecule has 0 spiro atoms. The number of fused-ring (bicyclic) bond motifs is 1. The Labute approximate surface area is 207 Å². The van der Waals surface area contributed by atoms with Gasteiger partial charge in [0.2, 0.25) is 5.91 Å². The van der Waals surface area contributed by atoms with E-state index < -0.39 is 5.92 Å². The Kier molecular flexibility index (Phi) is 6.25. The van der Waals surface area contributed by atoms with Gasteiger partial charge in [0.1, 0.15) is 16.7 Å². The maximum absolute atomic E-state index is 12.7. The molecule has 0 aliphatic rings. The molecule has 0 aliphatic heterocycles. The number of primary amides is 1. The Morgan fingerprint density at radius 2 is 1.60 bits per heavy atom. The zero-order valence-corrected chi connectivity index (χ0v) is 19.7. The molecule has 8 heteroatoms. The first-order valence-corrected chi connectivity index (χ1v) is 11.7. The summed E-state index contributed by atoms with van der Waals surface area (Å²) in [6.45, 7) is 0. The van der Waals surface area contributed by atoms with Gasteiger partial charge in [-0.3, -0.25) is 9.89 Å². The number of carbonyl (C=O) groups is 1. The number of imidazole rings is 1. The summed E-state index contributed by atoms with van der Waals surface area (Å²) in [6, 6.07) is 25.6. The van der Waals surface area contributed by atoms with Crippen LogP contribution in [0.4, 0.5) is 5.82 Å². The zero-order chi connectivity index (χ0) is 24.4. The Balaban J connectivity index is 1.55. The van der Waals surface area contributed by atoms with Gasteiger partial charge in [0.25, 0.3) is 0 Å². The number of rotatable bonds is 8. The van der Waals surface area contributed by atoms with Crippen LogP contribution in [0.2, 0.25) is 5.15 Å². The molecule has 0 aliphatic carbocycles. The summed E-state index contributed by atoms with van der Waals surface area (Å²) < 4.78 is 0. The normalized spacial score (nSPS) is 13.1. The Morgan fingerprint density at radius 1 is 0.943 bits per heavy atom. The number of H-pyrrole nitrogens is 2. The second kappa shape index (κ2) is 9.64. The molecule has 5 rings (SSSR count). The fourth-order valence-electron chi connectivity index (χ4n) is 4.53. The lowest BCUT2D eigenvalue weighted by molar-refractivity contribution is -0.122. The summed E-state index contributed by atoms with van der Waals surface area (Å²) in [4.78, 5) is 20.9. The number of hydrogen-bond donors (Lipinski definition) is 4. The lowest BCUT2D eigenvalue weighted by atomic mass is 9.81. The van der Waals surface area contributed by atoms with E-state index in [0.29, 0.717) is 35.3 Å². The number of nitrogen functional groups attached to an aromatic ring is 1. The van der Waals surface area contributed by atoms with Crippen molar-refractivity contribution in [2.75, 3.05) is 5.73 Å². The number of nitrogens with two attached hydrogens (primary N) is 2. The van der Waals surface area contributed by atoms with Crippen molar-refractivity contribution in [3.63, 3.8) is 0 Å². The molecule has 3 aromatic carbocycles. The van der Waals surface area contributed by atoms with E-state index in [-0.39, 0.29) is 11.8 Å². The highest BCUT2D eigenvalue weighted by Gasteiger charge is 2.31. The first-order chi connectivity index (χ1) is 17.0. The minimum absolute atomic E-state index is 0.298. The van der Waals surface area contributed by atoms with Gasteiger partial charge in [0.15, 0.2) is 5.82 Å². The van der Waals surface area contributed by atoms with Crippen LogP contribution in [0.5, 0.6) is 0 Å². The highest BCUT2D eigenvalue weighted by atomic mass is 35.5. The van der Waals surface area contributed by atoms with Crippen LogP contribution in [0.3, 0.4) is 0 Å². The first kappa shape index (κ1) is 22.7. The number of amides is 1. The van der Waals surface area contributed by atoms with Crippen LogP contribution in [-0.2, 0) is 17.6 Å². The molecule has 0 radical (unpaired) electrons. The van der Waals surface area contributed by atoms with Crippen LogP contribution in [0.1, 0.15) is 22.9 Å². The molecule has 2 atom stereocenters. The number of hydrogen-bond acceptors (Lipinski definition) is 4. The van der Waals surface area contributed by atoms with Gasteiger partial charge in [-0.25, -0.2) is 4.98 Å². The number of anilines is 1. The van der Waals surface area contributed by atoms with Crippen molar-refractivity contribution < 1.29 is 4.79 Å². The van der Waals surface area contributed by atoms with E-state index in [4.69, 9.17) is 28.1 Å². The third-order valence-corrected chi connectivity index (χ3v) is 6.62. The van der Waals surface area contributed by atoms with Crippen LogP contribution < -0.4 is 11.5 Å². The first-order valence-electron chi connectivity index (χ1n) is 11.4. The highest BCUT2D eigenvalue weighted by Crippen LogP contribution is 2.35. The van der Waals surface area contributed by atoms with E-state index in [1.807, 2.05) is 78.9 Å². The average molecular weight is 485 g/mol. The molecule has 2 aromatic heterocycles. The molecule has 7 nitrogen and oxygen atoms in total. The van der Waals surface area contributed by atoms with Crippen molar-refractivity contribution in [3.05, 3.63) is 101 Å². The number of nitrogens with one attached hydrogen (secondary N) is 2. The van der Waals surface area contributed by atoms with Gasteiger partial charge >= 0.3 is 0 Å². The summed E-state index contributed by atoms with van der Waals surface area (Å²) in [5, 5.41) is 8.21.